The van der Waals surface area contributed by atoms with Crippen LogP contribution in [-0.2, 0) is 4.79 Å². The highest BCUT2D eigenvalue weighted by molar-refractivity contribution is 8.02. The number of allylic oxidation sites excluding steroid dienone is 1. The molecule has 0 atom stereocenters. The van der Waals surface area contributed by atoms with Crippen LogP contribution in [0.15, 0.2) is 39.6 Å². The van der Waals surface area contributed by atoms with Crippen LogP contribution in [-0.4, -0.2) is 65.2 Å². The number of piperazine rings is 1. The van der Waals surface area contributed by atoms with E-state index in [4.69, 9.17) is 16.7 Å². The maximum absolute atomic E-state index is 14.5. The second-order valence-corrected chi connectivity index (χ2v) is 8.20. The van der Waals surface area contributed by atoms with E-state index in [0.29, 0.717) is 32.0 Å². The molecule has 1 aromatic carbocycles. The molecule has 0 spiro atoms. The van der Waals surface area contributed by atoms with Gasteiger partial charge in [0.2, 0.25) is 5.91 Å². The molecule has 3 aliphatic rings. The number of carbonyl (C=O) groups excluding carboxylic acids is 1. The largest absolute Gasteiger partial charge is 0.387 e. The van der Waals surface area contributed by atoms with Crippen molar-refractivity contribution in [3.63, 3.8) is 0 Å². The quantitative estimate of drug-likeness (QED) is 0.656. The van der Waals surface area contributed by atoms with Crippen molar-refractivity contribution < 1.29 is 18.7 Å². The van der Waals surface area contributed by atoms with Gasteiger partial charge in [-0.25, -0.2) is 13.8 Å². The molecule has 0 bridgehead atoms. The van der Waals surface area contributed by atoms with Gasteiger partial charge in [0.1, 0.15) is 29.9 Å². The molecule has 0 saturated carbocycles. The van der Waals surface area contributed by atoms with Crippen molar-refractivity contribution in [1.29, 1.82) is 0 Å². The second-order valence-electron chi connectivity index (χ2n) is 6.81. The molecule has 0 aliphatic carbocycles. The molecular formula is C19H20Cl2F2N4O2S. The molecule has 3 aliphatic heterocycles. The smallest absolute Gasteiger partial charge is 0.248 e. The van der Waals surface area contributed by atoms with Crippen molar-refractivity contribution >= 4 is 47.5 Å². The molecule has 0 unspecified atom stereocenters. The van der Waals surface area contributed by atoms with Crippen molar-refractivity contribution in [2.24, 2.45) is 4.99 Å². The van der Waals surface area contributed by atoms with Crippen LogP contribution < -0.4 is 5.32 Å². The molecule has 1 amide bonds. The monoisotopic (exact) mass is 476 g/mol. The van der Waals surface area contributed by atoms with Gasteiger partial charge in [0.05, 0.1) is 16.3 Å². The zero-order valence-electron chi connectivity index (χ0n) is 15.8. The first-order valence-corrected chi connectivity index (χ1v) is 10.6. The highest BCUT2D eigenvalue weighted by Crippen LogP contribution is 2.33. The number of halogens is 4. The summed E-state index contributed by atoms with van der Waals surface area (Å²) in [5.41, 5.74) is 1.85. The average Bonchev–Trinajstić information content (AvgIpc) is 2.75. The summed E-state index contributed by atoms with van der Waals surface area (Å²) in [7, 11) is 0. The summed E-state index contributed by atoms with van der Waals surface area (Å²) in [6, 6.07) is 1.99. The highest BCUT2D eigenvalue weighted by atomic mass is 35.5. The van der Waals surface area contributed by atoms with E-state index in [1.54, 1.807) is 16.7 Å². The third-order valence-electron chi connectivity index (χ3n) is 5.07. The molecule has 0 radical (unpaired) electrons. The number of aliphatic hydroxyl groups excluding tert-OH is 1. The van der Waals surface area contributed by atoms with E-state index < -0.39 is 18.2 Å². The fourth-order valence-corrected chi connectivity index (χ4v) is 4.49. The van der Waals surface area contributed by atoms with Crippen LogP contribution >= 0.6 is 35.8 Å². The molecule has 162 valence electrons. The van der Waals surface area contributed by atoms with Crippen LogP contribution in [0.3, 0.4) is 0 Å². The van der Waals surface area contributed by atoms with Gasteiger partial charge < -0.3 is 20.2 Å². The third kappa shape index (κ3) is 4.44. The van der Waals surface area contributed by atoms with Gasteiger partial charge in [0, 0.05) is 37.5 Å². The Balaban J connectivity index is 0.00000256. The number of carbonyl (C=O) groups is 1. The normalized spacial score (nSPS) is 18.8. The second kappa shape index (κ2) is 9.55. The Morgan fingerprint density at radius 2 is 1.97 bits per heavy atom. The Kier molecular flexibility index (Phi) is 7.28. The van der Waals surface area contributed by atoms with E-state index in [1.165, 1.54) is 0 Å². The minimum Gasteiger partial charge on any atom is -0.387 e. The Hall–Kier alpha value is -1.81. The standard InChI is InChI=1S/C19H19ClF2N4O2S.ClH/c20-13-8-14(21)12(7-15(13)22)18-23-16-10-29-6-1-11(16)19(24-18)26-4-2-25(3-5-26)17(28)9-27;/h7-8,10,27H,1-6,9H2,(H,23,24);1H. The van der Waals surface area contributed by atoms with E-state index in [2.05, 4.69) is 10.3 Å². The minimum atomic E-state index is -0.716. The summed E-state index contributed by atoms with van der Waals surface area (Å²) in [4.78, 5) is 20.0. The molecule has 4 rings (SSSR count). The molecule has 3 heterocycles. The molecule has 2 N–H and O–H groups in total. The molecule has 11 heteroatoms. The minimum absolute atomic E-state index is 0. The SMILES string of the molecule is Cl.O=C(CO)N1CCN(C2=C3CCSC=C3NC(c3cc(F)c(Cl)cc3F)=N2)CC1. The summed E-state index contributed by atoms with van der Waals surface area (Å²) in [5.74, 6) is 0.155. The lowest BCUT2D eigenvalue weighted by Crippen LogP contribution is -2.49. The number of hydrogen-bond donors (Lipinski definition) is 2. The van der Waals surface area contributed by atoms with E-state index >= 15 is 0 Å². The zero-order valence-corrected chi connectivity index (χ0v) is 18.2. The van der Waals surface area contributed by atoms with Gasteiger partial charge in [-0.05, 0) is 24.0 Å². The number of amidine groups is 1. The Labute approximate surface area is 188 Å². The molecule has 0 aromatic heterocycles. The summed E-state index contributed by atoms with van der Waals surface area (Å²) >= 11 is 7.32. The maximum Gasteiger partial charge on any atom is 0.248 e. The number of fused-ring (bicyclic) bond motifs is 1. The van der Waals surface area contributed by atoms with Gasteiger partial charge in [-0.3, -0.25) is 4.79 Å². The Morgan fingerprint density at radius 3 is 2.67 bits per heavy atom. The summed E-state index contributed by atoms with van der Waals surface area (Å²) in [6.07, 6.45) is 0.795. The van der Waals surface area contributed by atoms with Crippen molar-refractivity contribution in [1.82, 2.24) is 15.1 Å². The molecule has 1 fully saturated rings. The lowest BCUT2D eigenvalue weighted by Gasteiger charge is -2.38. The first-order chi connectivity index (χ1) is 14.0. The number of nitrogens with one attached hydrogen (secondary N) is 1. The average molecular weight is 477 g/mol. The van der Waals surface area contributed by atoms with E-state index in [0.717, 1.165) is 35.6 Å². The molecule has 1 saturated heterocycles. The van der Waals surface area contributed by atoms with Crippen LogP contribution in [0.1, 0.15) is 12.0 Å². The van der Waals surface area contributed by atoms with E-state index in [1.807, 2.05) is 10.3 Å². The van der Waals surface area contributed by atoms with Gasteiger partial charge in [0.15, 0.2) is 0 Å². The fraction of sp³-hybridized carbons (Fsp3) is 0.368. The fourth-order valence-electron chi connectivity index (χ4n) is 3.54. The van der Waals surface area contributed by atoms with Gasteiger partial charge in [-0.15, -0.1) is 24.2 Å². The third-order valence-corrected chi connectivity index (χ3v) is 6.20. The van der Waals surface area contributed by atoms with E-state index in [9.17, 15) is 13.6 Å². The topological polar surface area (TPSA) is 68.2 Å². The number of nitrogens with zero attached hydrogens (tertiary/aromatic N) is 3. The first kappa shape index (κ1) is 22.9. The van der Waals surface area contributed by atoms with Crippen molar-refractivity contribution in [2.45, 2.75) is 6.42 Å². The molecule has 30 heavy (non-hydrogen) atoms. The lowest BCUT2D eigenvalue weighted by atomic mass is 10.1. The maximum atomic E-state index is 14.5. The van der Waals surface area contributed by atoms with Crippen LogP contribution in [0.2, 0.25) is 5.02 Å². The Morgan fingerprint density at radius 1 is 1.23 bits per heavy atom. The number of amides is 1. The zero-order chi connectivity index (χ0) is 20.5. The molecule has 6 nitrogen and oxygen atoms in total. The summed E-state index contributed by atoms with van der Waals surface area (Å²) < 4.78 is 28.5. The van der Waals surface area contributed by atoms with Gasteiger partial charge >= 0.3 is 0 Å². The molecular weight excluding hydrogens is 457 g/mol. The first-order valence-electron chi connectivity index (χ1n) is 9.17. The van der Waals surface area contributed by atoms with Crippen molar-refractivity contribution in [3.05, 3.63) is 56.9 Å². The number of hydrogen-bond acceptors (Lipinski definition) is 6. The number of aliphatic hydroxyl groups is 1. The molecule has 1 aromatic rings. The number of aliphatic imine (C=N–C) groups is 1. The predicted molar refractivity (Wildman–Crippen MR) is 116 cm³/mol. The lowest BCUT2D eigenvalue weighted by molar-refractivity contribution is -0.135. The van der Waals surface area contributed by atoms with Crippen LogP contribution in [0.5, 0.6) is 0 Å². The number of thioether (sulfide) groups is 1. The number of rotatable bonds is 3. The highest BCUT2D eigenvalue weighted by Gasteiger charge is 2.30. The van der Waals surface area contributed by atoms with Crippen LogP contribution in [0.4, 0.5) is 8.78 Å². The predicted octanol–water partition coefficient (Wildman–Crippen LogP) is 2.72. The van der Waals surface area contributed by atoms with Gasteiger partial charge in [0.25, 0.3) is 0 Å². The van der Waals surface area contributed by atoms with Gasteiger partial charge in [-0.1, -0.05) is 11.6 Å². The summed E-state index contributed by atoms with van der Waals surface area (Å²) in [5, 5.41) is 13.9. The Bertz CT molecular complexity index is 947. The summed E-state index contributed by atoms with van der Waals surface area (Å²) in [6.45, 7) is 1.50. The van der Waals surface area contributed by atoms with E-state index in [-0.39, 0.29) is 34.7 Å². The van der Waals surface area contributed by atoms with Gasteiger partial charge in [-0.2, -0.15) is 0 Å². The van der Waals surface area contributed by atoms with Crippen molar-refractivity contribution in [3.8, 4) is 0 Å². The van der Waals surface area contributed by atoms with Crippen LogP contribution in [0, 0.1) is 11.6 Å². The van der Waals surface area contributed by atoms with Crippen LogP contribution in [0.25, 0.3) is 0 Å². The van der Waals surface area contributed by atoms with Crippen molar-refractivity contribution in [2.75, 3.05) is 38.5 Å². The number of benzene rings is 1.